The van der Waals surface area contributed by atoms with E-state index in [-0.39, 0.29) is 30.4 Å². The number of fused-ring (bicyclic) bond motifs is 1. The number of nitrogens with zero attached hydrogens (tertiary/aromatic N) is 2. The van der Waals surface area contributed by atoms with Crippen LogP contribution in [-0.2, 0) is 16.0 Å². The highest BCUT2D eigenvalue weighted by molar-refractivity contribution is 5.85. The first-order chi connectivity index (χ1) is 11.1. The maximum Gasteiger partial charge on any atom is 0.306 e. The van der Waals surface area contributed by atoms with Gasteiger partial charge < -0.3 is 9.72 Å². The zero-order chi connectivity index (χ0) is 16.4. The Hall–Kier alpha value is -2.54. The number of aromatic nitrogens is 4. The number of nitrogens with one attached hydrogen (secondary N) is 2. The Labute approximate surface area is 144 Å². The number of imidazole rings is 1. The van der Waals surface area contributed by atoms with Crippen LogP contribution in [0, 0.1) is 6.92 Å². The Morgan fingerprint density at radius 3 is 2.79 bits per heavy atom. The molecule has 0 bridgehead atoms. The van der Waals surface area contributed by atoms with Crippen LogP contribution in [0.5, 0.6) is 0 Å². The molecule has 128 valence electrons. The number of hydrogen-bond acceptors (Lipinski definition) is 4. The summed E-state index contributed by atoms with van der Waals surface area (Å²) in [5.41, 5.74) is 2.73. The third-order valence-corrected chi connectivity index (χ3v) is 3.67. The second-order valence-corrected chi connectivity index (χ2v) is 5.24. The van der Waals surface area contributed by atoms with Crippen molar-refractivity contribution in [2.75, 3.05) is 6.61 Å². The Morgan fingerprint density at radius 1 is 1.33 bits per heavy atom. The molecule has 0 aliphatic heterocycles. The largest absolute Gasteiger partial charge is 0.466 e. The van der Waals surface area contributed by atoms with E-state index in [0.717, 1.165) is 16.7 Å². The van der Waals surface area contributed by atoms with Gasteiger partial charge >= 0.3 is 5.97 Å². The van der Waals surface area contributed by atoms with Crippen molar-refractivity contribution in [3.8, 4) is 5.95 Å². The smallest absolute Gasteiger partial charge is 0.306 e. The third kappa shape index (κ3) is 3.35. The number of rotatable bonds is 5. The molecular formula is C16H19ClN4O3. The first kappa shape index (κ1) is 17.8. The molecule has 2 N–H and O–H groups in total. The maximum absolute atomic E-state index is 12.6. The van der Waals surface area contributed by atoms with Crippen molar-refractivity contribution in [1.82, 2.24) is 19.7 Å². The van der Waals surface area contributed by atoms with Crippen LogP contribution in [0.2, 0.25) is 0 Å². The fourth-order valence-electron chi connectivity index (χ4n) is 2.53. The van der Waals surface area contributed by atoms with E-state index in [1.807, 2.05) is 24.3 Å². The standard InChI is InChI=1S/C16H18N4O3.ClH/c1-3-23-14(21)9-8-11-10(2)19-20(15(11)22)16-17-12-6-4-5-7-13(12)18-16;/h4-7,19H,3,8-9H2,1-2H3,(H,17,18);1H. The number of halogens is 1. The van der Waals surface area contributed by atoms with E-state index >= 15 is 0 Å². The van der Waals surface area contributed by atoms with Gasteiger partial charge in [0.2, 0.25) is 5.95 Å². The number of carbonyl (C=O) groups excluding carboxylic acids is 1. The first-order valence-corrected chi connectivity index (χ1v) is 7.51. The van der Waals surface area contributed by atoms with Crippen molar-refractivity contribution in [2.24, 2.45) is 0 Å². The van der Waals surface area contributed by atoms with E-state index in [1.54, 1.807) is 13.8 Å². The number of aryl methyl sites for hydroxylation is 1. The van der Waals surface area contributed by atoms with Gasteiger partial charge in [0.25, 0.3) is 5.56 Å². The van der Waals surface area contributed by atoms with Gasteiger partial charge in [0.15, 0.2) is 0 Å². The van der Waals surface area contributed by atoms with Gasteiger partial charge in [-0.2, -0.15) is 4.68 Å². The van der Waals surface area contributed by atoms with Crippen LogP contribution in [0.15, 0.2) is 29.1 Å². The molecule has 0 aliphatic carbocycles. The summed E-state index contributed by atoms with van der Waals surface area (Å²) in [6.07, 6.45) is 0.523. The van der Waals surface area contributed by atoms with Gasteiger partial charge in [-0.05, 0) is 32.4 Å². The minimum atomic E-state index is -0.303. The quantitative estimate of drug-likeness (QED) is 0.690. The predicted molar refractivity (Wildman–Crippen MR) is 93.0 cm³/mol. The van der Waals surface area contributed by atoms with Gasteiger partial charge in [-0.1, -0.05) is 12.1 Å². The Kier molecular flexibility index (Phi) is 5.46. The molecule has 2 heterocycles. The van der Waals surface area contributed by atoms with Crippen molar-refractivity contribution in [1.29, 1.82) is 0 Å². The summed E-state index contributed by atoms with van der Waals surface area (Å²) in [7, 11) is 0. The Morgan fingerprint density at radius 2 is 2.08 bits per heavy atom. The number of para-hydroxylation sites is 2. The molecule has 0 spiro atoms. The highest BCUT2D eigenvalue weighted by atomic mass is 35.5. The lowest BCUT2D eigenvalue weighted by atomic mass is 10.1. The average Bonchev–Trinajstić information content (AvgIpc) is 3.07. The fraction of sp³-hybridized carbons (Fsp3) is 0.312. The van der Waals surface area contributed by atoms with Crippen LogP contribution in [0.25, 0.3) is 17.0 Å². The monoisotopic (exact) mass is 350 g/mol. The van der Waals surface area contributed by atoms with Gasteiger partial charge in [-0.25, -0.2) is 4.98 Å². The molecule has 0 amide bonds. The number of ether oxygens (including phenoxy) is 1. The summed E-state index contributed by atoms with van der Waals surface area (Å²) in [4.78, 5) is 31.5. The molecule has 24 heavy (non-hydrogen) atoms. The maximum atomic E-state index is 12.6. The van der Waals surface area contributed by atoms with Crippen molar-refractivity contribution in [3.05, 3.63) is 45.9 Å². The summed E-state index contributed by atoms with van der Waals surface area (Å²) in [5.74, 6) is 0.129. The number of esters is 1. The van der Waals surface area contributed by atoms with E-state index in [9.17, 15) is 9.59 Å². The minimum Gasteiger partial charge on any atom is -0.466 e. The summed E-state index contributed by atoms with van der Waals surface area (Å²) in [5, 5.41) is 3.00. The first-order valence-electron chi connectivity index (χ1n) is 7.51. The zero-order valence-electron chi connectivity index (χ0n) is 13.5. The van der Waals surface area contributed by atoms with Crippen molar-refractivity contribution in [3.63, 3.8) is 0 Å². The lowest BCUT2D eigenvalue weighted by molar-refractivity contribution is -0.143. The fourth-order valence-corrected chi connectivity index (χ4v) is 2.53. The van der Waals surface area contributed by atoms with E-state index in [4.69, 9.17) is 4.74 Å². The van der Waals surface area contributed by atoms with E-state index < -0.39 is 0 Å². The predicted octanol–water partition coefficient (Wildman–Crippen LogP) is 2.27. The van der Waals surface area contributed by atoms with Crippen molar-refractivity contribution >= 4 is 29.4 Å². The molecule has 7 nitrogen and oxygen atoms in total. The van der Waals surface area contributed by atoms with Gasteiger partial charge in [0.1, 0.15) is 0 Å². The molecule has 0 saturated carbocycles. The van der Waals surface area contributed by atoms with Crippen LogP contribution >= 0.6 is 12.4 Å². The van der Waals surface area contributed by atoms with Gasteiger partial charge in [0, 0.05) is 17.7 Å². The molecule has 0 radical (unpaired) electrons. The second-order valence-electron chi connectivity index (χ2n) is 5.24. The van der Waals surface area contributed by atoms with Crippen LogP contribution < -0.4 is 5.56 Å². The topological polar surface area (TPSA) is 92.8 Å². The van der Waals surface area contributed by atoms with Gasteiger partial charge in [-0.3, -0.25) is 14.7 Å². The van der Waals surface area contributed by atoms with E-state index in [2.05, 4.69) is 15.1 Å². The average molecular weight is 351 g/mol. The molecule has 0 fully saturated rings. The highest BCUT2D eigenvalue weighted by Gasteiger charge is 2.16. The minimum absolute atomic E-state index is 0. The van der Waals surface area contributed by atoms with Crippen LogP contribution in [0.4, 0.5) is 0 Å². The number of hydrogen-bond donors (Lipinski definition) is 2. The number of carbonyl (C=O) groups is 1. The Balaban J connectivity index is 0.00000208. The van der Waals surface area contributed by atoms with Crippen LogP contribution in [0.3, 0.4) is 0 Å². The molecule has 3 rings (SSSR count). The van der Waals surface area contributed by atoms with Crippen LogP contribution in [-0.4, -0.2) is 32.3 Å². The molecule has 0 saturated heterocycles. The molecule has 2 aromatic heterocycles. The van der Waals surface area contributed by atoms with Crippen molar-refractivity contribution in [2.45, 2.75) is 26.7 Å². The van der Waals surface area contributed by atoms with Crippen molar-refractivity contribution < 1.29 is 9.53 Å². The summed E-state index contributed by atoms with van der Waals surface area (Å²) < 4.78 is 6.27. The summed E-state index contributed by atoms with van der Waals surface area (Å²) in [6.45, 7) is 3.91. The number of aromatic amines is 2. The lowest BCUT2D eigenvalue weighted by Gasteiger charge is -1.99. The number of benzene rings is 1. The Bertz CT molecular complexity index is 877. The van der Waals surface area contributed by atoms with Gasteiger partial charge in [0.05, 0.1) is 17.6 Å². The van der Waals surface area contributed by atoms with Crippen LogP contribution in [0.1, 0.15) is 24.6 Å². The zero-order valence-corrected chi connectivity index (χ0v) is 14.3. The molecule has 8 heteroatoms. The molecule has 3 aromatic rings. The normalized spacial score (nSPS) is 10.6. The van der Waals surface area contributed by atoms with Gasteiger partial charge in [-0.15, -0.1) is 12.4 Å². The SMILES string of the molecule is CCOC(=O)CCc1c(C)[nH]n(-c2nc3ccccc3[nH]2)c1=O.Cl. The number of H-pyrrole nitrogens is 2. The second kappa shape index (κ2) is 7.35. The molecule has 0 aliphatic rings. The molecule has 1 aromatic carbocycles. The highest BCUT2D eigenvalue weighted by Crippen LogP contribution is 2.13. The van der Waals surface area contributed by atoms with E-state index in [1.165, 1.54) is 4.68 Å². The molecule has 0 atom stereocenters. The molecule has 0 unspecified atom stereocenters. The summed E-state index contributed by atoms with van der Waals surface area (Å²) >= 11 is 0. The molecular weight excluding hydrogens is 332 g/mol. The van der Waals surface area contributed by atoms with E-state index in [0.29, 0.717) is 24.5 Å². The lowest BCUT2D eigenvalue weighted by Crippen LogP contribution is -2.19. The summed E-state index contributed by atoms with van der Waals surface area (Å²) in [6, 6.07) is 7.56. The third-order valence-electron chi connectivity index (χ3n) is 3.67.